The molecule has 0 radical (unpaired) electrons. The minimum absolute atomic E-state index is 0.0000821. The number of nitrogens with one attached hydrogen (secondary N) is 2. The first-order chi connectivity index (χ1) is 10.9. The number of aromatic nitrogens is 2. The summed E-state index contributed by atoms with van der Waals surface area (Å²) in [4.78, 5) is 11.9. The van der Waals surface area contributed by atoms with Crippen molar-refractivity contribution in [2.45, 2.75) is 26.8 Å². The predicted molar refractivity (Wildman–Crippen MR) is 86.1 cm³/mol. The quantitative estimate of drug-likeness (QED) is 0.792. The van der Waals surface area contributed by atoms with Gasteiger partial charge in [0.25, 0.3) is 0 Å². The summed E-state index contributed by atoms with van der Waals surface area (Å²) in [5, 5.41) is 18.7. The summed E-state index contributed by atoms with van der Waals surface area (Å²) in [6, 6.07) is 5.52. The average Bonchev–Trinajstić information content (AvgIpc) is 2.94. The van der Waals surface area contributed by atoms with Crippen LogP contribution in [0.1, 0.15) is 19.4 Å². The molecule has 0 bridgehead atoms. The van der Waals surface area contributed by atoms with E-state index in [-0.39, 0.29) is 30.4 Å². The Kier molecular flexibility index (Phi) is 5.33. The van der Waals surface area contributed by atoms with Gasteiger partial charge >= 0.3 is 6.03 Å². The van der Waals surface area contributed by atoms with Crippen LogP contribution < -0.4 is 10.6 Å². The van der Waals surface area contributed by atoms with Crippen LogP contribution in [-0.2, 0) is 0 Å². The highest BCUT2D eigenvalue weighted by Gasteiger charge is 2.14. The van der Waals surface area contributed by atoms with Crippen LogP contribution in [0.2, 0.25) is 0 Å². The Balaban J connectivity index is 2.03. The second-order valence-corrected chi connectivity index (χ2v) is 5.62. The second kappa shape index (κ2) is 7.23. The fraction of sp³-hybridized carbons (Fsp3) is 0.375. The molecule has 6 nitrogen and oxygen atoms in total. The van der Waals surface area contributed by atoms with Gasteiger partial charge in [-0.15, -0.1) is 5.10 Å². The maximum absolute atomic E-state index is 13.1. The van der Waals surface area contributed by atoms with Crippen molar-refractivity contribution in [3.63, 3.8) is 0 Å². The summed E-state index contributed by atoms with van der Waals surface area (Å²) in [6.45, 7) is 5.45. The molecule has 3 N–H and O–H groups in total. The molecule has 0 spiro atoms. The van der Waals surface area contributed by atoms with Crippen molar-refractivity contribution in [3.8, 4) is 5.69 Å². The highest BCUT2D eigenvalue weighted by Crippen LogP contribution is 2.16. The Labute approximate surface area is 134 Å². The molecule has 2 aromatic rings. The van der Waals surface area contributed by atoms with Gasteiger partial charge in [0.15, 0.2) is 5.82 Å². The number of carbonyl (C=O) groups excluding carboxylic acids is 1. The molecule has 1 aromatic heterocycles. The number of hydrogen-bond acceptors (Lipinski definition) is 3. The van der Waals surface area contributed by atoms with Gasteiger partial charge in [-0.3, -0.25) is 5.32 Å². The first-order valence-corrected chi connectivity index (χ1v) is 7.41. The molecule has 0 aliphatic carbocycles. The van der Waals surface area contributed by atoms with Crippen molar-refractivity contribution in [2.24, 2.45) is 5.92 Å². The Morgan fingerprint density at radius 3 is 2.78 bits per heavy atom. The van der Waals surface area contributed by atoms with Gasteiger partial charge in [0.2, 0.25) is 0 Å². The van der Waals surface area contributed by atoms with Gasteiger partial charge in [0.05, 0.1) is 5.69 Å². The summed E-state index contributed by atoms with van der Waals surface area (Å²) in [5.41, 5.74) is 1.48. The number of nitrogens with zero attached hydrogens (tertiary/aromatic N) is 2. The van der Waals surface area contributed by atoms with Gasteiger partial charge in [-0.2, -0.15) is 0 Å². The molecular formula is C16H21FN4O2. The fourth-order valence-electron chi connectivity index (χ4n) is 2.06. The van der Waals surface area contributed by atoms with Crippen LogP contribution in [0.15, 0.2) is 30.5 Å². The van der Waals surface area contributed by atoms with E-state index in [0.717, 1.165) is 11.3 Å². The van der Waals surface area contributed by atoms with Gasteiger partial charge in [-0.1, -0.05) is 6.92 Å². The van der Waals surface area contributed by atoms with Crippen molar-refractivity contribution in [1.29, 1.82) is 0 Å². The number of urea groups is 1. The molecule has 124 valence electrons. The van der Waals surface area contributed by atoms with Crippen LogP contribution in [0, 0.1) is 18.7 Å². The van der Waals surface area contributed by atoms with E-state index >= 15 is 0 Å². The zero-order valence-electron chi connectivity index (χ0n) is 13.4. The smallest absolute Gasteiger partial charge is 0.320 e. The van der Waals surface area contributed by atoms with Gasteiger partial charge in [-0.05, 0) is 43.5 Å². The Morgan fingerprint density at radius 1 is 1.39 bits per heavy atom. The van der Waals surface area contributed by atoms with Gasteiger partial charge in [0.1, 0.15) is 5.82 Å². The number of halogens is 1. The summed E-state index contributed by atoms with van der Waals surface area (Å²) < 4.78 is 14.7. The highest BCUT2D eigenvalue weighted by molar-refractivity contribution is 5.88. The number of anilines is 1. The molecule has 2 amide bonds. The zero-order valence-corrected chi connectivity index (χ0v) is 13.4. The maximum atomic E-state index is 13.1. The van der Waals surface area contributed by atoms with E-state index in [1.165, 1.54) is 12.1 Å². The molecule has 0 saturated heterocycles. The molecular weight excluding hydrogens is 299 g/mol. The first-order valence-electron chi connectivity index (χ1n) is 7.41. The van der Waals surface area contributed by atoms with E-state index in [2.05, 4.69) is 15.7 Å². The number of aliphatic hydroxyl groups excluding tert-OH is 1. The van der Waals surface area contributed by atoms with E-state index in [1.807, 2.05) is 13.8 Å². The molecule has 23 heavy (non-hydrogen) atoms. The average molecular weight is 320 g/mol. The van der Waals surface area contributed by atoms with Crippen LogP contribution in [0.5, 0.6) is 0 Å². The number of hydrogen-bond donors (Lipinski definition) is 3. The van der Waals surface area contributed by atoms with Crippen molar-refractivity contribution >= 4 is 11.8 Å². The predicted octanol–water partition coefficient (Wildman–Crippen LogP) is 2.46. The van der Waals surface area contributed by atoms with Crippen LogP contribution in [0.4, 0.5) is 15.0 Å². The molecule has 0 unspecified atom stereocenters. The highest BCUT2D eigenvalue weighted by atomic mass is 19.1. The third kappa shape index (κ3) is 4.29. The minimum Gasteiger partial charge on any atom is -0.396 e. The molecule has 0 aliphatic rings. The van der Waals surface area contributed by atoms with E-state index < -0.39 is 0 Å². The fourth-order valence-corrected chi connectivity index (χ4v) is 2.06. The Morgan fingerprint density at radius 2 is 2.13 bits per heavy atom. The summed E-state index contributed by atoms with van der Waals surface area (Å²) >= 11 is 0. The van der Waals surface area contributed by atoms with E-state index in [9.17, 15) is 9.18 Å². The normalized spacial score (nSPS) is 13.4. The minimum atomic E-state index is -0.390. The topological polar surface area (TPSA) is 79.2 Å². The van der Waals surface area contributed by atoms with E-state index in [1.54, 1.807) is 29.9 Å². The monoisotopic (exact) mass is 320 g/mol. The molecule has 1 aromatic carbocycles. The molecule has 0 fully saturated rings. The molecule has 0 saturated carbocycles. The van der Waals surface area contributed by atoms with Crippen molar-refractivity contribution < 1.29 is 14.3 Å². The van der Waals surface area contributed by atoms with Crippen LogP contribution in [-0.4, -0.2) is 33.6 Å². The van der Waals surface area contributed by atoms with Crippen molar-refractivity contribution in [2.75, 3.05) is 11.9 Å². The standard InChI is InChI=1S/C16H21FN4O2/c1-10-8-13(17)4-5-14(10)21-7-6-15(20-21)19-16(23)18-12(3)11(2)9-22/h4-8,11-12,22H,9H2,1-3H3,(H2,18,19,20,23)/t11-,12-/m0/s1. The molecule has 2 rings (SSSR count). The maximum Gasteiger partial charge on any atom is 0.320 e. The first kappa shape index (κ1) is 17.0. The second-order valence-electron chi connectivity index (χ2n) is 5.62. The lowest BCUT2D eigenvalue weighted by Crippen LogP contribution is -2.40. The third-order valence-corrected chi connectivity index (χ3v) is 3.74. The van der Waals surface area contributed by atoms with E-state index in [4.69, 9.17) is 5.11 Å². The lowest BCUT2D eigenvalue weighted by molar-refractivity contribution is 0.204. The largest absolute Gasteiger partial charge is 0.396 e. The summed E-state index contributed by atoms with van der Waals surface area (Å²) in [5.74, 6) is 0.0402. The molecule has 7 heteroatoms. The summed E-state index contributed by atoms with van der Waals surface area (Å²) in [7, 11) is 0. The third-order valence-electron chi connectivity index (χ3n) is 3.74. The SMILES string of the molecule is Cc1cc(F)ccc1-n1ccc(NC(=O)N[C@@H](C)[C@@H](C)CO)n1. The van der Waals surface area contributed by atoms with Gasteiger partial charge < -0.3 is 10.4 Å². The van der Waals surface area contributed by atoms with Crippen LogP contribution in [0.25, 0.3) is 5.69 Å². The number of rotatable bonds is 5. The lowest BCUT2D eigenvalue weighted by atomic mass is 10.1. The molecule has 0 aliphatic heterocycles. The van der Waals surface area contributed by atoms with E-state index in [0.29, 0.717) is 5.82 Å². The molecule has 2 atom stereocenters. The summed E-state index contributed by atoms with van der Waals surface area (Å²) in [6.07, 6.45) is 1.69. The van der Waals surface area contributed by atoms with Crippen LogP contribution >= 0.6 is 0 Å². The van der Waals surface area contributed by atoms with Gasteiger partial charge in [-0.25, -0.2) is 13.9 Å². The van der Waals surface area contributed by atoms with Crippen molar-refractivity contribution in [1.82, 2.24) is 15.1 Å². The number of aryl methyl sites for hydroxylation is 1. The number of aliphatic hydroxyl groups is 1. The molecule has 1 heterocycles. The lowest BCUT2D eigenvalue weighted by Gasteiger charge is -2.19. The zero-order chi connectivity index (χ0) is 17.0. The Hall–Kier alpha value is -2.41. The number of amides is 2. The van der Waals surface area contributed by atoms with Crippen molar-refractivity contribution in [3.05, 3.63) is 41.8 Å². The number of benzene rings is 1. The van der Waals surface area contributed by atoms with Gasteiger partial charge in [0, 0.05) is 24.9 Å². The number of carbonyl (C=O) groups is 1. The Bertz CT molecular complexity index is 686. The van der Waals surface area contributed by atoms with Crippen LogP contribution in [0.3, 0.4) is 0 Å².